The molecule has 0 bridgehead atoms. The number of para-hydroxylation sites is 2. The van der Waals surface area contributed by atoms with Crippen LogP contribution in [0.15, 0.2) is 48.5 Å². The summed E-state index contributed by atoms with van der Waals surface area (Å²) in [6.07, 6.45) is 0.852. The minimum atomic E-state index is -3.57. The summed E-state index contributed by atoms with van der Waals surface area (Å²) in [4.78, 5) is 12.4. The summed E-state index contributed by atoms with van der Waals surface area (Å²) >= 11 is 0. The fourth-order valence-electron chi connectivity index (χ4n) is 2.42. The highest BCUT2D eigenvalue weighted by Gasteiger charge is 2.20. The van der Waals surface area contributed by atoms with E-state index in [1.807, 2.05) is 6.92 Å². The fourth-order valence-corrected chi connectivity index (χ4v) is 3.16. The van der Waals surface area contributed by atoms with E-state index in [1.165, 1.54) is 24.3 Å². The van der Waals surface area contributed by atoms with E-state index in [2.05, 4.69) is 10.0 Å². The molecule has 1 atom stereocenters. The molecule has 26 heavy (non-hydrogen) atoms. The summed E-state index contributed by atoms with van der Waals surface area (Å²) in [5.41, 5.74) is 0.988. The Kier molecular flexibility index (Phi) is 6.70. The smallest absolute Gasteiger partial charge is 0.226 e. The Balaban J connectivity index is 2.17. The topological polar surface area (TPSA) is 84.5 Å². The lowest BCUT2D eigenvalue weighted by molar-refractivity contribution is -0.116. The van der Waals surface area contributed by atoms with Crippen LogP contribution in [0, 0.1) is 5.82 Å². The molecule has 0 aromatic heterocycles. The van der Waals surface area contributed by atoms with E-state index in [1.54, 1.807) is 24.3 Å². The van der Waals surface area contributed by atoms with E-state index in [0.717, 1.165) is 6.26 Å². The fraction of sp³-hybridized carbons (Fsp3) is 0.278. The number of sulfonamides is 1. The third-order valence-electron chi connectivity index (χ3n) is 3.48. The van der Waals surface area contributed by atoms with Crippen molar-refractivity contribution in [2.75, 3.05) is 18.2 Å². The summed E-state index contributed by atoms with van der Waals surface area (Å²) in [5, 5.41) is 2.72. The standard InChI is InChI=1S/C18H21FN2O4S/c1-3-25-17-7-5-4-6-15(17)20-18(22)12-16(21-26(2,23)24)13-8-10-14(19)11-9-13/h4-11,16,21H,3,12H2,1-2H3,(H,20,22)/t16-/m0/s1. The van der Waals surface area contributed by atoms with Crippen molar-refractivity contribution in [2.45, 2.75) is 19.4 Å². The van der Waals surface area contributed by atoms with Crippen molar-refractivity contribution in [3.8, 4) is 5.75 Å². The van der Waals surface area contributed by atoms with Crippen LogP contribution in [0.2, 0.25) is 0 Å². The van der Waals surface area contributed by atoms with Crippen molar-refractivity contribution in [1.82, 2.24) is 4.72 Å². The highest BCUT2D eigenvalue weighted by molar-refractivity contribution is 7.88. The molecule has 2 N–H and O–H groups in total. The molecular weight excluding hydrogens is 359 g/mol. The zero-order chi connectivity index (χ0) is 19.2. The van der Waals surface area contributed by atoms with E-state index in [-0.39, 0.29) is 6.42 Å². The van der Waals surface area contributed by atoms with Crippen LogP contribution in [0.3, 0.4) is 0 Å². The molecule has 0 radical (unpaired) electrons. The monoisotopic (exact) mass is 380 g/mol. The zero-order valence-electron chi connectivity index (χ0n) is 14.5. The molecule has 0 aliphatic carbocycles. The lowest BCUT2D eigenvalue weighted by Gasteiger charge is -2.18. The Morgan fingerprint density at radius 1 is 1.15 bits per heavy atom. The van der Waals surface area contributed by atoms with Gasteiger partial charge in [0.2, 0.25) is 15.9 Å². The second-order valence-electron chi connectivity index (χ2n) is 5.68. The Labute approximate surface area is 152 Å². The summed E-state index contributed by atoms with van der Waals surface area (Å²) in [7, 11) is -3.57. The van der Waals surface area contributed by atoms with Gasteiger partial charge in [0.25, 0.3) is 0 Å². The summed E-state index contributed by atoms with van der Waals surface area (Å²) < 4.78 is 44.2. The number of nitrogens with one attached hydrogen (secondary N) is 2. The maximum atomic E-state index is 13.1. The van der Waals surface area contributed by atoms with Crippen molar-refractivity contribution in [3.63, 3.8) is 0 Å². The van der Waals surface area contributed by atoms with Crippen molar-refractivity contribution >= 4 is 21.6 Å². The Morgan fingerprint density at radius 3 is 2.42 bits per heavy atom. The average Bonchev–Trinajstić information content (AvgIpc) is 2.56. The van der Waals surface area contributed by atoms with E-state index in [0.29, 0.717) is 23.6 Å². The SMILES string of the molecule is CCOc1ccccc1NC(=O)C[C@H](NS(C)(=O)=O)c1ccc(F)cc1. The molecule has 6 nitrogen and oxygen atoms in total. The number of carbonyl (C=O) groups is 1. The van der Waals surface area contributed by atoms with Crippen LogP contribution in [-0.4, -0.2) is 27.2 Å². The first-order valence-corrected chi connectivity index (χ1v) is 9.92. The van der Waals surface area contributed by atoms with E-state index in [4.69, 9.17) is 4.74 Å². The molecule has 0 spiro atoms. The number of benzene rings is 2. The number of hydrogen-bond donors (Lipinski definition) is 2. The molecule has 0 saturated heterocycles. The number of hydrogen-bond acceptors (Lipinski definition) is 4. The van der Waals surface area contributed by atoms with Gasteiger partial charge in [0.15, 0.2) is 0 Å². The van der Waals surface area contributed by atoms with Crippen molar-refractivity contribution < 1.29 is 22.3 Å². The molecule has 0 aliphatic heterocycles. The van der Waals surface area contributed by atoms with Crippen LogP contribution in [0.25, 0.3) is 0 Å². The second kappa shape index (κ2) is 8.77. The number of anilines is 1. The first-order chi connectivity index (χ1) is 12.3. The molecule has 0 fully saturated rings. The van der Waals surface area contributed by atoms with Crippen LogP contribution in [-0.2, 0) is 14.8 Å². The molecule has 140 valence electrons. The van der Waals surface area contributed by atoms with Crippen LogP contribution >= 0.6 is 0 Å². The maximum absolute atomic E-state index is 13.1. The van der Waals surface area contributed by atoms with Gasteiger partial charge in [-0.1, -0.05) is 24.3 Å². The van der Waals surface area contributed by atoms with Gasteiger partial charge in [-0.2, -0.15) is 0 Å². The molecule has 2 aromatic rings. The molecule has 8 heteroatoms. The largest absolute Gasteiger partial charge is 0.492 e. The van der Waals surface area contributed by atoms with Crippen molar-refractivity contribution in [1.29, 1.82) is 0 Å². The normalized spacial score (nSPS) is 12.4. The molecule has 2 aromatic carbocycles. The number of amides is 1. The van der Waals surface area contributed by atoms with Crippen molar-refractivity contribution in [2.24, 2.45) is 0 Å². The Morgan fingerprint density at radius 2 is 1.81 bits per heavy atom. The molecular formula is C18H21FN2O4S. The molecule has 2 rings (SSSR count). The van der Waals surface area contributed by atoms with Gasteiger partial charge < -0.3 is 10.1 Å². The third-order valence-corrected chi connectivity index (χ3v) is 4.19. The van der Waals surface area contributed by atoms with Crippen LogP contribution < -0.4 is 14.8 Å². The molecule has 0 saturated carbocycles. The second-order valence-corrected chi connectivity index (χ2v) is 7.46. The minimum absolute atomic E-state index is 0.154. The van der Waals surface area contributed by atoms with Crippen LogP contribution in [0.4, 0.5) is 10.1 Å². The number of ether oxygens (including phenoxy) is 1. The minimum Gasteiger partial charge on any atom is -0.492 e. The van der Waals surface area contributed by atoms with E-state index < -0.39 is 27.8 Å². The first-order valence-electron chi connectivity index (χ1n) is 8.03. The van der Waals surface area contributed by atoms with Crippen molar-refractivity contribution in [3.05, 3.63) is 59.9 Å². The van der Waals surface area contributed by atoms with Crippen LogP contribution in [0.5, 0.6) is 5.75 Å². The van der Waals surface area contributed by atoms with Gasteiger partial charge in [0.1, 0.15) is 11.6 Å². The van der Waals surface area contributed by atoms with Gasteiger partial charge >= 0.3 is 0 Å². The van der Waals surface area contributed by atoms with E-state index in [9.17, 15) is 17.6 Å². The zero-order valence-corrected chi connectivity index (χ0v) is 15.3. The Hall–Kier alpha value is -2.45. The van der Waals surface area contributed by atoms with E-state index >= 15 is 0 Å². The highest BCUT2D eigenvalue weighted by atomic mass is 32.2. The van der Waals surface area contributed by atoms with Gasteiger partial charge in [0.05, 0.1) is 24.6 Å². The molecule has 0 unspecified atom stereocenters. The predicted molar refractivity (Wildman–Crippen MR) is 98.0 cm³/mol. The summed E-state index contributed by atoms with van der Waals surface area (Å²) in [5.74, 6) is -0.317. The van der Waals surface area contributed by atoms with Gasteiger partial charge in [-0.25, -0.2) is 17.5 Å². The predicted octanol–water partition coefficient (Wildman–Crippen LogP) is 2.84. The highest BCUT2D eigenvalue weighted by Crippen LogP contribution is 2.25. The number of carbonyl (C=O) groups excluding carboxylic acids is 1. The first kappa shape index (κ1) is 19.9. The van der Waals surface area contributed by atoms with Gasteiger partial charge in [-0.05, 0) is 36.8 Å². The van der Waals surface area contributed by atoms with Crippen LogP contribution in [0.1, 0.15) is 24.9 Å². The maximum Gasteiger partial charge on any atom is 0.226 e. The average molecular weight is 380 g/mol. The number of rotatable bonds is 8. The molecule has 1 amide bonds. The van der Waals surface area contributed by atoms with Gasteiger partial charge in [0, 0.05) is 6.42 Å². The lowest BCUT2D eigenvalue weighted by Crippen LogP contribution is -2.30. The number of halogens is 1. The Bertz CT molecular complexity index is 854. The summed E-state index contributed by atoms with van der Waals surface area (Å²) in [6.45, 7) is 2.28. The lowest BCUT2D eigenvalue weighted by atomic mass is 10.0. The quantitative estimate of drug-likeness (QED) is 0.738. The third kappa shape index (κ3) is 6.12. The van der Waals surface area contributed by atoms with Gasteiger partial charge in [-0.15, -0.1) is 0 Å². The molecule has 0 aliphatic rings. The van der Waals surface area contributed by atoms with Gasteiger partial charge in [-0.3, -0.25) is 4.79 Å². The summed E-state index contributed by atoms with van der Waals surface area (Å²) in [6, 6.07) is 11.5. The molecule has 0 heterocycles.